The molecule has 0 aliphatic carbocycles. The third-order valence-electron chi connectivity index (χ3n) is 0. The topological polar surface area (TPSA) is 90.0 Å². The Morgan fingerprint density at radius 2 is 0.375 bits per heavy atom. The smallest absolute Gasteiger partial charge is 1.00 e. The van der Waals surface area contributed by atoms with E-state index in [9.17, 15) is 0 Å². The van der Waals surface area contributed by atoms with E-state index < -0.39 is 0 Å². The molecule has 0 aromatic heterocycles. The van der Waals surface area contributed by atoms with Crippen molar-refractivity contribution in [2.24, 2.45) is 0 Å². The second-order valence-corrected chi connectivity index (χ2v) is 0. The normalized spacial score (nSPS) is 0. The predicted molar refractivity (Wildman–Crippen MR) is 5.81 cm³/mol. The summed E-state index contributed by atoms with van der Waals surface area (Å²) in [4.78, 5) is 0. The van der Waals surface area contributed by atoms with Gasteiger partial charge in [0, 0.05) is 0 Å². The summed E-state index contributed by atoms with van der Waals surface area (Å²) in [7, 11) is 0. The van der Waals surface area contributed by atoms with Crippen LogP contribution in [0.2, 0.25) is 0 Å². The first kappa shape index (κ1) is 1030. The molecule has 0 aromatic rings. The van der Waals surface area contributed by atoms with E-state index in [4.69, 9.17) is 0 Å². The van der Waals surface area contributed by atoms with Gasteiger partial charge in [0.2, 0.25) is 0 Å². The zero-order valence-electron chi connectivity index (χ0n) is 3.18. The summed E-state index contributed by atoms with van der Waals surface area (Å²) in [6.07, 6.45) is 0. The molecule has 2 radical (unpaired) electrons. The molecule has 0 amide bonds. The summed E-state index contributed by atoms with van der Waals surface area (Å²) in [5.41, 5.74) is 0. The molecule has 0 saturated heterocycles. The minimum Gasteiger partial charge on any atom is -1.00 e. The van der Waals surface area contributed by atoms with E-state index in [2.05, 4.69) is 0 Å². The Kier molecular flexibility index (Phi) is 88900. The molecule has 0 heterocycles. The molecule has 0 atom stereocenters. The molecule has 0 spiro atoms. The molecule has 0 bridgehead atoms. The summed E-state index contributed by atoms with van der Waals surface area (Å²) < 4.78 is 0. The van der Waals surface area contributed by atoms with Crippen molar-refractivity contribution < 1.29 is 64.7 Å². The van der Waals surface area contributed by atoms with Crippen molar-refractivity contribution in [2.75, 3.05) is 0 Å². The first-order chi connectivity index (χ1) is 0. The Balaban J connectivity index is 0. The summed E-state index contributed by atoms with van der Waals surface area (Å²) in [6, 6.07) is 0. The largest absolute Gasteiger partial charge is 3.00 e. The van der Waals surface area contributed by atoms with E-state index in [1.807, 2.05) is 0 Å². The van der Waals surface area contributed by atoms with Gasteiger partial charge < -0.3 is 30.5 Å². The van der Waals surface area contributed by atoms with Gasteiger partial charge in [-0.05, 0) is 0 Å². The number of hydrogen-bond donors (Lipinski definition) is 0. The maximum Gasteiger partial charge on any atom is 3.00 e. The van der Waals surface area contributed by atoms with Gasteiger partial charge in [-0.3, -0.25) is 0 Å². The number of halogens is 3. The molecule has 0 saturated carbocycles. The Morgan fingerprint density at radius 1 is 0.375 bits per heavy atom. The predicted octanol–water partition coefficient (Wildman–Crippen LogP) is -9.52. The molecule has 8 heavy (non-hydrogen) atoms. The maximum absolute atomic E-state index is 0. The van der Waals surface area contributed by atoms with Crippen LogP contribution in [0.15, 0.2) is 0 Å². The van der Waals surface area contributed by atoms with Gasteiger partial charge in [-0.2, -0.15) is 0 Å². The number of hydrogen-bond acceptors (Lipinski definition) is 3. The van der Waals surface area contributed by atoms with E-state index in [1.54, 1.807) is 0 Å². The molecule has 3 nitrogen and oxygen atoms in total. The first-order valence-corrected chi connectivity index (χ1v) is 0. The minimum atomic E-state index is 0. The van der Waals surface area contributed by atoms with Crippen LogP contribution in [-0.4, -0.2) is 16.4 Å². The van der Waals surface area contributed by atoms with Crippen LogP contribution in [0.5, 0.6) is 0 Å². The molecule has 0 aliphatic heterocycles. The van der Waals surface area contributed by atoms with Crippen LogP contribution < -0.4 is 14.1 Å². The average Bonchev–Trinajstić information content (AvgIpc) is 0. The van der Waals surface area contributed by atoms with Gasteiger partial charge in [0.1, 0.15) is 0 Å². The van der Waals surface area contributed by atoms with Gasteiger partial charge >= 0.3 is 34.1 Å². The van der Waals surface area contributed by atoms with Crippen LogP contribution in [-0.2, 0) is 34.1 Å². The second-order valence-electron chi connectivity index (χ2n) is 0. The molecule has 0 unspecified atom stereocenters. The van der Waals surface area contributed by atoms with Crippen LogP contribution in [0.1, 0.15) is 0 Å². The second kappa shape index (κ2) is 690. The molecule has 0 aliphatic rings. The first-order valence-electron chi connectivity index (χ1n) is 0. The van der Waals surface area contributed by atoms with Crippen LogP contribution in [0, 0.1) is 0 Å². The Bertz CT molecular complexity index is 12.5. The molecule has 8 heteroatoms. The van der Waals surface area contributed by atoms with Crippen molar-refractivity contribution >= 4 is 0 Å². The SMILES string of the molecule is [F-].[F-].[F-].[Fe+3].[Fe+3].[OH-].[OH-].[OH-]. The fourth-order valence-corrected chi connectivity index (χ4v) is 0. The maximum atomic E-state index is 0. The van der Waals surface area contributed by atoms with E-state index in [0.29, 0.717) is 0 Å². The Hall–Kier alpha value is 0.709. The molecular formula is H3F3Fe2O3. The summed E-state index contributed by atoms with van der Waals surface area (Å²) in [6.45, 7) is 0. The monoisotopic (exact) mass is 220 g/mol. The van der Waals surface area contributed by atoms with Crippen molar-refractivity contribution in [1.29, 1.82) is 0 Å². The van der Waals surface area contributed by atoms with E-state index in [-0.39, 0.29) is 64.7 Å². The molecule has 0 rings (SSSR count). The van der Waals surface area contributed by atoms with Crippen LogP contribution >= 0.6 is 0 Å². The molecule has 0 aromatic carbocycles. The number of rotatable bonds is 0. The third-order valence-corrected chi connectivity index (χ3v) is 0. The minimum absolute atomic E-state index is 0. The average molecular weight is 220 g/mol. The zero-order valence-corrected chi connectivity index (χ0v) is 5.39. The summed E-state index contributed by atoms with van der Waals surface area (Å²) >= 11 is 0. The van der Waals surface area contributed by atoms with Gasteiger partial charge in [-0.25, -0.2) is 0 Å². The van der Waals surface area contributed by atoms with Crippen LogP contribution in [0.25, 0.3) is 0 Å². The van der Waals surface area contributed by atoms with Gasteiger partial charge in [0.05, 0.1) is 0 Å². The molecule has 3 N–H and O–H groups in total. The third kappa shape index (κ3) is 435. The van der Waals surface area contributed by atoms with E-state index in [0.717, 1.165) is 0 Å². The van der Waals surface area contributed by atoms with Gasteiger partial charge in [-0.15, -0.1) is 0 Å². The van der Waals surface area contributed by atoms with Crippen molar-refractivity contribution in [2.45, 2.75) is 0 Å². The van der Waals surface area contributed by atoms with Crippen molar-refractivity contribution in [3.63, 3.8) is 0 Å². The zero-order chi connectivity index (χ0) is 0. The van der Waals surface area contributed by atoms with Gasteiger partial charge in [-0.1, -0.05) is 0 Å². The van der Waals surface area contributed by atoms with Gasteiger partial charge in [0.25, 0.3) is 0 Å². The van der Waals surface area contributed by atoms with Crippen LogP contribution in [0.3, 0.4) is 0 Å². The van der Waals surface area contributed by atoms with Crippen molar-refractivity contribution in [3.8, 4) is 0 Å². The molecular weight excluding hydrogens is 217 g/mol. The quantitative estimate of drug-likeness (QED) is 0.379. The Morgan fingerprint density at radius 3 is 0.375 bits per heavy atom. The molecule has 0 fully saturated rings. The fourth-order valence-electron chi connectivity index (χ4n) is 0. The van der Waals surface area contributed by atoms with E-state index in [1.165, 1.54) is 0 Å². The van der Waals surface area contributed by atoms with Gasteiger partial charge in [0.15, 0.2) is 0 Å². The molecule has 58 valence electrons. The Labute approximate surface area is 65.2 Å². The van der Waals surface area contributed by atoms with Crippen molar-refractivity contribution in [1.82, 2.24) is 0 Å². The van der Waals surface area contributed by atoms with E-state index >= 15 is 0 Å². The standard InChI is InChI=1S/3FH.2Fe.3H2O/h3*1H;;;3*1H2/q;;;2*+3;;;/p-6. The summed E-state index contributed by atoms with van der Waals surface area (Å²) in [5, 5.41) is 0. The van der Waals surface area contributed by atoms with Crippen LogP contribution in [0.4, 0.5) is 0 Å². The summed E-state index contributed by atoms with van der Waals surface area (Å²) in [5.74, 6) is 0. The van der Waals surface area contributed by atoms with Crippen molar-refractivity contribution in [3.05, 3.63) is 0 Å². The fraction of sp³-hybridized carbons (Fsp3) is 0.